The molecule has 2 unspecified atom stereocenters. The van der Waals surface area contributed by atoms with Crippen LogP contribution in [0.4, 0.5) is 0 Å². The van der Waals surface area contributed by atoms with E-state index in [2.05, 4.69) is 30.4 Å². The molecule has 1 aliphatic carbocycles. The van der Waals surface area contributed by atoms with Crippen LogP contribution in [0.2, 0.25) is 10.0 Å². The molecular weight excluding hydrogens is 491 g/mol. The van der Waals surface area contributed by atoms with Gasteiger partial charge in [0.1, 0.15) is 0 Å². The number of hydrogen-bond donors (Lipinski definition) is 2. The van der Waals surface area contributed by atoms with E-state index in [1.54, 1.807) is 6.07 Å². The maximum absolute atomic E-state index is 13.2. The highest BCUT2D eigenvalue weighted by Gasteiger charge is 2.60. The molecule has 1 heterocycles. The van der Waals surface area contributed by atoms with Crippen LogP contribution < -0.4 is 5.32 Å². The molecule has 0 bridgehead atoms. The zero-order valence-corrected chi connectivity index (χ0v) is 21.6. The van der Waals surface area contributed by atoms with E-state index in [0.29, 0.717) is 15.6 Å². The van der Waals surface area contributed by atoms with Crippen molar-refractivity contribution in [1.82, 2.24) is 5.32 Å². The van der Waals surface area contributed by atoms with Crippen molar-refractivity contribution in [3.63, 3.8) is 0 Å². The SMILES string of the molecule is CCC12CCC(c3ccc(-c4cccc(C#N)c4)cc3Cl)[C@H](c3ccc(Cl)cc3)[C@@H]1[C@@H](CO)NC2=O. The highest BCUT2D eigenvalue weighted by molar-refractivity contribution is 6.31. The van der Waals surface area contributed by atoms with Gasteiger partial charge in [-0.2, -0.15) is 5.26 Å². The Hall–Kier alpha value is -2.84. The van der Waals surface area contributed by atoms with Gasteiger partial charge in [-0.25, -0.2) is 0 Å². The third kappa shape index (κ3) is 4.10. The number of carbonyl (C=O) groups is 1. The minimum Gasteiger partial charge on any atom is -0.394 e. The van der Waals surface area contributed by atoms with Gasteiger partial charge in [0.05, 0.1) is 29.7 Å². The molecule has 5 rings (SSSR count). The lowest BCUT2D eigenvalue weighted by Gasteiger charge is -2.48. The van der Waals surface area contributed by atoms with Gasteiger partial charge in [0.25, 0.3) is 0 Å². The van der Waals surface area contributed by atoms with Crippen LogP contribution in [0.3, 0.4) is 0 Å². The number of hydrogen-bond acceptors (Lipinski definition) is 3. The molecule has 1 amide bonds. The summed E-state index contributed by atoms with van der Waals surface area (Å²) in [5.41, 5.74) is 4.12. The minimum absolute atomic E-state index is 0.0164. The van der Waals surface area contributed by atoms with E-state index in [1.165, 1.54) is 0 Å². The molecule has 1 aliphatic heterocycles. The van der Waals surface area contributed by atoms with Crippen LogP contribution in [0.5, 0.6) is 0 Å². The van der Waals surface area contributed by atoms with Gasteiger partial charge in [0.15, 0.2) is 0 Å². The van der Waals surface area contributed by atoms with Crippen molar-refractivity contribution >= 4 is 29.1 Å². The van der Waals surface area contributed by atoms with Gasteiger partial charge in [-0.05, 0) is 83.7 Å². The first-order chi connectivity index (χ1) is 17.4. The molecule has 2 fully saturated rings. The number of carbonyl (C=O) groups excluding carboxylic acids is 1. The molecule has 6 heteroatoms. The molecule has 5 atom stereocenters. The van der Waals surface area contributed by atoms with Crippen LogP contribution in [0.25, 0.3) is 11.1 Å². The summed E-state index contributed by atoms with van der Waals surface area (Å²) in [5, 5.41) is 24.0. The van der Waals surface area contributed by atoms with Gasteiger partial charge in [-0.3, -0.25) is 4.79 Å². The standard InChI is InChI=1S/C30H28Cl2N2O2/c1-2-30-13-12-24(23-11-8-21(15-25(23)32)20-5-3-4-18(14-20)16-33)27(19-6-9-22(31)10-7-19)28(30)26(17-35)34-29(30)36/h3-11,14-15,24,26-28,35H,2,12-13,17H2,1H3,(H,34,36)/t24?,26-,27+,28+,30?/m1/s1. The van der Waals surface area contributed by atoms with Crippen molar-refractivity contribution in [2.75, 3.05) is 6.61 Å². The van der Waals surface area contributed by atoms with Gasteiger partial charge in [-0.15, -0.1) is 0 Å². The van der Waals surface area contributed by atoms with Crippen LogP contribution >= 0.6 is 23.2 Å². The lowest BCUT2D eigenvalue weighted by atomic mass is 9.54. The summed E-state index contributed by atoms with van der Waals surface area (Å²) in [4.78, 5) is 13.2. The van der Waals surface area contributed by atoms with Crippen molar-refractivity contribution in [3.05, 3.63) is 93.5 Å². The van der Waals surface area contributed by atoms with Gasteiger partial charge in [0, 0.05) is 16.0 Å². The number of benzene rings is 3. The lowest BCUT2D eigenvalue weighted by molar-refractivity contribution is -0.131. The molecule has 4 nitrogen and oxygen atoms in total. The molecule has 0 radical (unpaired) electrons. The summed E-state index contributed by atoms with van der Waals surface area (Å²) in [6.45, 7) is 1.97. The first-order valence-corrected chi connectivity index (χ1v) is 13.1. The van der Waals surface area contributed by atoms with Crippen LogP contribution in [0.1, 0.15) is 54.7 Å². The Balaban J connectivity index is 1.60. The first kappa shape index (κ1) is 24.8. The predicted octanol–water partition coefficient (Wildman–Crippen LogP) is 6.70. The molecule has 1 saturated carbocycles. The molecule has 1 saturated heterocycles. The van der Waals surface area contributed by atoms with Crippen LogP contribution in [0.15, 0.2) is 66.7 Å². The number of nitrogens with one attached hydrogen (secondary N) is 1. The predicted molar refractivity (Wildman–Crippen MR) is 143 cm³/mol. The second kappa shape index (κ2) is 9.90. The van der Waals surface area contributed by atoms with Crippen LogP contribution in [-0.4, -0.2) is 23.7 Å². The average molecular weight is 519 g/mol. The summed E-state index contributed by atoms with van der Waals surface area (Å²) in [5.74, 6) is 0.0372. The number of rotatable bonds is 5. The van der Waals surface area contributed by atoms with Crippen LogP contribution in [-0.2, 0) is 4.79 Å². The molecule has 2 aliphatic rings. The molecule has 0 spiro atoms. The summed E-state index contributed by atoms with van der Waals surface area (Å²) < 4.78 is 0. The molecule has 0 aromatic heterocycles. The summed E-state index contributed by atoms with van der Waals surface area (Å²) in [6, 6.07) is 23.3. The van der Waals surface area contributed by atoms with Gasteiger partial charge in [-0.1, -0.05) is 66.5 Å². The fourth-order valence-electron chi connectivity index (χ4n) is 6.64. The van der Waals surface area contributed by atoms with Gasteiger partial charge in [0.2, 0.25) is 5.91 Å². The minimum atomic E-state index is -0.516. The van der Waals surface area contributed by atoms with Gasteiger partial charge < -0.3 is 10.4 Å². The number of amides is 1. The summed E-state index contributed by atoms with van der Waals surface area (Å²) >= 11 is 13.2. The molecule has 3 aromatic carbocycles. The van der Waals surface area contributed by atoms with Crippen LogP contribution in [0, 0.1) is 22.7 Å². The van der Waals surface area contributed by atoms with Crippen molar-refractivity contribution < 1.29 is 9.90 Å². The van der Waals surface area contributed by atoms with E-state index in [1.807, 2.05) is 48.5 Å². The maximum Gasteiger partial charge on any atom is 0.226 e. The van der Waals surface area contributed by atoms with E-state index in [0.717, 1.165) is 41.5 Å². The third-order valence-corrected chi connectivity index (χ3v) is 8.95. The fraction of sp³-hybridized carbons (Fsp3) is 0.333. The lowest BCUT2D eigenvalue weighted by Crippen LogP contribution is -2.45. The second-order valence-corrected chi connectivity index (χ2v) is 10.8. The number of aliphatic hydroxyl groups is 1. The Labute approximate surface area is 221 Å². The number of halogens is 2. The number of aliphatic hydroxyl groups excluding tert-OH is 1. The fourth-order valence-corrected chi connectivity index (χ4v) is 7.08. The third-order valence-electron chi connectivity index (χ3n) is 8.37. The Kier molecular flexibility index (Phi) is 6.83. The highest BCUT2D eigenvalue weighted by Crippen LogP contribution is 2.60. The monoisotopic (exact) mass is 518 g/mol. The summed E-state index contributed by atoms with van der Waals surface area (Å²) in [7, 11) is 0. The topological polar surface area (TPSA) is 73.1 Å². The normalized spacial score (nSPS) is 27.2. The Morgan fingerprint density at radius 2 is 1.83 bits per heavy atom. The molecule has 36 heavy (non-hydrogen) atoms. The zero-order valence-electron chi connectivity index (χ0n) is 20.0. The molecule has 3 aromatic rings. The van der Waals surface area contributed by atoms with Gasteiger partial charge >= 0.3 is 0 Å². The first-order valence-electron chi connectivity index (χ1n) is 12.4. The van der Waals surface area contributed by atoms with E-state index < -0.39 is 5.41 Å². The molecule has 184 valence electrons. The van der Waals surface area contributed by atoms with Crippen molar-refractivity contribution in [2.45, 2.75) is 44.1 Å². The number of fused-ring (bicyclic) bond motifs is 1. The van der Waals surface area contributed by atoms with E-state index in [-0.39, 0.29) is 36.3 Å². The van der Waals surface area contributed by atoms with Crippen molar-refractivity contribution in [2.24, 2.45) is 11.3 Å². The molecular formula is C30H28Cl2N2O2. The Morgan fingerprint density at radius 3 is 2.50 bits per heavy atom. The van der Waals surface area contributed by atoms with E-state index in [4.69, 9.17) is 23.2 Å². The maximum atomic E-state index is 13.2. The smallest absolute Gasteiger partial charge is 0.226 e. The van der Waals surface area contributed by atoms with E-state index >= 15 is 0 Å². The largest absolute Gasteiger partial charge is 0.394 e. The van der Waals surface area contributed by atoms with Crippen molar-refractivity contribution in [3.8, 4) is 17.2 Å². The Bertz CT molecular complexity index is 1330. The second-order valence-electron chi connectivity index (χ2n) is 9.95. The molecule has 2 N–H and O–H groups in total. The number of nitriles is 1. The number of nitrogens with zero attached hydrogens (tertiary/aromatic N) is 1. The summed E-state index contributed by atoms with van der Waals surface area (Å²) in [6.07, 6.45) is 2.28. The van der Waals surface area contributed by atoms with Crippen molar-refractivity contribution in [1.29, 1.82) is 5.26 Å². The highest BCUT2D eigenvalue weighted by atomic mass is 35.5. The zero-order chi connectivity index (χ0) is 25.4. The average Bonchev–Trinajstić information content (AvgIpc) is 3.20. The quantitative estimate of drug-likeness (QED) is 0.394. The van der Waals surface area contributed by atoms with E-state index in [9.17, 15) is 15.2 Å². The Morgan fingerprint density at radius 1 is 1.08 bits per heavy atom.